The molecule has 1 aromatic rings. The third-order valence-corrected chi connectivity index (χ3v) is 7.50. The van der Waals surface area contributed by atoms with E-state index < -0.39 is 49.5 Å². The van der Waals surface area contributed by atoms with Gasteiger partial charge in [0.25, 0.3) is 0 Å². The maximum Gasteiger partial charge on any atom is 0.406 e. The van der Waals surface area contributed by atoms with Crippen molar-refractivity contribution in [1.82, 2.24) is 14.6 Å². The Morgan fingerprint density at radius 1 is 1.50 bits per heavy atom. The molecule has 0 unspecified atom stereocenters. The van der Waals surface area contributed by atoms with Gasteiger partial charge in [0, 0.05) is 6.20 Å². The molecule has 3 rings (SSSR count). The summed E-state index contributed by atoms with van der Waals surface area (Å²) in [5.41, 5.74) is 3.04. The van der Waals surface area contributed by atoms with Crippen molar-refractivity contribution in [1.29, 1.82) is 0 Å². The van der Waals surface area contributed by atoms with Gasteiger partial charge in [-0.15, -0.1) is 0 Å². The predicted octanol–water partition coefficient (Wildman–Crippen LogP) is 0.955. The smallest absolute Gasteiger partial charge is 0.406 e. The van der Waals surface area contributed by atoms with Crippen molar-refractivity contribution in [3.8, 4) is 0 Å². The molecule has 0 saturated carbocycles. The summed E-state index contributed by atoms with van der Waals surface area (Å²) >= 11 is 0. The Balaban J connectivity index is 1.69. The van der Waals surface area contributed by atoms with Crippen LogP contribution in [0.25, 0.3) is 0 Å². The third kappa shape index (κ3) is 5.05. The fourth-order valence-corrected chi connectivity index (χ4v) is 5.47. The second kappa shape index (κ2) is 9.58. The molecular weight excluding hydrogens is 443 g/mol. The molecule has 2 aliphatic heterocycles. The van der Waals surface area contributed by atoms with Crippen LogP contribution in [0.3, 0.4) is 0 Å². The van der Waals surface area contributed by atoms with Gasteiger partial charge in [0.2, 0.25) is 0 Å². The molecule has 13 heteroatoms. The normalized spacial score (nSPS) is 33.1. The average molecular weight is 474 g/mol. The average Bonchev–Trinajstić information content (AvgIpc) is 2.98. The van der Waals surface area contributed by atoms with E-state index in [4.69, 9.17) is 24.3 Å². The van der Waals surface area contributed by atoms with E-state index in [0.29, 0.717) is 0 Å². The number of rotatable bonds is 8. The zero-order valence-corrected chi connectivity index (χ0v) is 19.5. The largest absolute Gasteiger partial charge is 0.464 e. The quantitative estimate of drug-likeness (QED) is 0.363. The highest BCUT2D eigenvalue weighted by molar-refractivity contribution is 7.51. The highest BCUT2D eigenvalue weighted by Crippen LogP contribution is 2.55. The second-order valence-electron chi connectivity index (χ2n) is 8.28. The Bertz CT molecular complexity index is 934. The minimum atomic E-state index is -3.99. The summed E-state index contributed by atoms with van der Waals surface area (Å²) in [6.45, 7) is 6.99. The highest BCUT2D eigenvalue weighted by atomic mass is 31.2. The van der Waals surface area contributed by atoms with E-state index in [1.54, 1.807) is 0 Å². The molecule has 0 aromatic carbocycles. The van der Waals surface area contributed by atoms with E-state index in [-0.39, 0.29) is 24.9 Å². The Hall–Kier alpha value is -1.82. The molecule has 2 aliphatic rings. The number of ether oxygens (including phenoxy) is 2. The number of nitrogen functional groups attached to an aromatic ring is 1. The molecule has 180 valence electrons. The summed E-state index contributed by atoms with van der Waals surface area (Å²) in [5.74, 6) is -0.313. The molecule has 4 N–H and O–H groups in total. The number of carbonyl (C=O) groups is 1. The highest BCUT2D eigenvalue weighted by Gasteiger charge is 2.60. The Kier molecular flexibility index (Phi) is 7.43. The molecule has 12 nitrogen and oxygen atoms in total. The van der Waals surface area contributed by atoms with Gasteiger partial charge in [0.15, 0.2) is 6.23 Å². The third-order valence-electron chi connectivity index (χ3n) is 5.80. The fourth-order valence-electron chi connectivity index (χ4n) is 3.70. The van der Waals surface area contributed by atoms with Crippen LogP contribution < -0.4 is 16.5 Å². The molecule has 0 spiro atoms. The van der Waals surface area contributed by atoms with Gasteiger partial charge in [-0.05, 0) is 25.8 Å². The number of carbonyl (C=O) groups excluding carboxylic acids is 1. The number of hydrogen-bond donors (Lipinski definition) is 3. The molecule has 0 radical (unpaired) electrons. The van der Waals surface area contributed by atoms with Crippen LogP contribution in [0.2, 0.25) is 0 Å². The lowest BCUT2D eigenvalue weighted by Gasteiger charge is -2.36. The van der Waals surface area contributed by atoms with Crippen molar-refractivity contribution in [2.75, 3.05) is 18.9 Å². The molecule has 3 heterocycles. The zero-order chi connectivity index (χ0) is 23.7. The van der Waals surface area contributed by atoms with Gasteiger partial charge in [-0.25, -0.2) is 14.4 Å². The number of hydrogen-bond acceptors (Lipinski definition) is 10. The van der Waals surface area contributed by atoms with E-state index in [1.807, 2.05) is 13.8 Å². The van der Waals surface area contributed by atoms with Gasteiger partial charge >= 0.3 is 19.4 Å². The molecule has 0 aliphatic carbocycles. The van der Waals surface area contributed by atoms with Gasteiger partial charge in [0.1, 0.15) is 29.7 Å². The van der Waals surface area contributed by atoms with Gasteiger partial charge in [0.05, 0.1) is 13.2 Å². The minimum Gasteiger partial charge on any atom is -0.464 e. The van der Waals surface area contributed by atoms with E-state index in [9.17, 15) is 19.3 Å². The number of nitrogens with zero attached hydrogens (tertiary/aromatic N) is 2. The maximum absolute atomic E-state index is 13.2. The fraction of sp³-hybridized carbons (Fsp3) is 0.737. The van der Waals surface area contributed by atoms with Crippen LogP contribution in [-0.4, -0.2) is 57.7 Å². The van der Waals surface area contributed by atoms with Crippen molar-refractivity contribution in [2.24, 2.45) is 5.92 Å². The van der Waals surface area contributed by atoms with E-state index >= 15 is 0 Å². The summed E-state index contributed by atoms with van der Waals surface area (Å²) in [6, 6.07) is 0.417. The lowest BCUT2D eigenvalue weighted by molar-refractivity contribution is -0.147. The first-order chi connectivity index (χ1) is 15.0. The van der Waals surface area contributed by atoms with Gasteiger partial charge in [-0.3, -0.25) is 18.4 Å². The molecule has 2 saturated heterocycles. The van der Waals surface area contributed by atoms with Crippen LogP contribution in [-0.2, 0) is 27.9 Å². The summed E-state index contributed by atoms with van der Waals surface area (Å²) in [5, 5.41) is 13.7. The number of fused-ring (bicyclic) bond motifs is 1. The van der Waals surface area contributed by atoms with E-state index in [1.165, 1.54) is 26.1 Å². The first-order valence-corrected chi connectivity index (χ1v) is 12.1. The maximum atomic E-state index is 13.2. The molecule has 32 heavy (non-hydrogen) atoms. The number of nitrogens with one attached hydrogen (secondary N) is 1. The standard InChI is InChI=1S/C19H31N4O8P/c1-5-12(6-2)9-28-16(24)11(3)22-32(27)29-10-13-15(31-32)19(4,26)17(30-13)23-8-7-14(20)21-18(23)25/h7-8,11-13,15,17,26H,5-6,9-10H2,1-4H3,(H,22,27)(H2,20,21,25)/t11-,13+,15+,17+,19+,32-/m0/s1. The Morgan fingerprint density at radius 2 is 2.19 bits per heavy atom. The van der Waals surface area contributed by atoms with Crippen LogP contribution in [0.4, 0.5) is 5.82 Å². The molecule has 6 atom stereocenters. The van der Waals surface area contributed by atoms with Crippen molar-refractivity contribution in [3.05, 3.63) is 22.7 Å². The number of aliphatic hydroxyl groups is 1. The minimum absolute atomic E-state index is 0.0275. The molecule has 0 amide bonds. The van der Waals surface area contributed by atoms with E-state index in [2.05, 4.69) is 10.1 Å². The number of aromatic nitrogens is 2. The van der Waals surface area contributed by atoms with Crippen molar-refractivity contribution in [2.45, 2.75) is 70.6 Å². The Labute approximate surface area is 186 Å². The summed E-state index contributed by atoms with van der Waals surface area (Å²) in [6.07, 6.45) is 0.0235. The number of esters is 1. The van der Waals surface area contributed by atoms with Gasteiger partial charge in [-0.2, -0.15) is 4.98 Å². The monoisotopic (exact) mass is 474 g/mol. The molecule has 1 aromatic heterocycles. The van der Waals surface area contributed by atoms with Crippen molar-refractivity contribution in [3.63, 3.8) is 0 Å². The Morgan fingerprint density at radius 3 is 2.81 bits per heavy atom. The van der Waals surface area contributed by atoms with Crippen molar-refractivity contribution < 1.29 is 33.0 Å². The van der Waals surface area contributed by atoms with Crippen LogP contribution in [0, 0.1) is 5.92 Å². The summed E-state index contributed by atoms with van der Waals surface area (Å²) in [4.78, 5) is 28.2. The molecule has 2 fully saturated rings. The number of nitrogens with two attached hydrogens (primary N) is 1. The van der Waals surface area contributed by atoms with Crippen molar-refractivity contribution >= 4 is 19.5 Å². The topological polar surface area (TPSA) is 164 Å². The van der Waals surface area contributed by atoms with Gasteiger partial charge < -0.3 is 20.3 Å². The van der Waals surface area contributed by atoms with Crippen LogP contribution in [0.15, 0.2) is 17.1 Å². The first-order valence-electron chi connectivity index (χ1n) is 10.6. The second-order valence-corrected chi connectivity index (χ2v) is 10.00. The van der Waals surface area contributed by atoms with Crippen LogP contribution >= 0.6 is 7.75 Å². The lowest BCUT2D eigenvalue weighted by Crippen LogP contribution is -2.50. The van der Waals surface area contributed by atoms with E-state index in [0.717, 1.165) is 17.4 Å². The first kappa shape index (κ1) is 24.8. The SMILES string of the molecule is CCC(CC)COC(=O)[C@H](C)N[P@]1(=O)OC[C@H]2O[C@@H](n3ccc(N)nc3=O)[C@](C)(O)[C@@H]2O1. The zero-order valence-electron chi connectivity index (χ0n) is 18.6. The van der Waals surface area contributed by atoms with Gasteiger partial charge in [-0.1, -0.05) is 26.7 Å². The lowest BCUT2D eigenvalue weighted by atomic mass is 9.96. The summed E-state index contributed by atoms with van der Waals surface area (Å²) in [7, 11) is -3.99. The van der Waals surface area contributed by atoms with Crippen LogP contribution in [0.5, 0.6) is 0 Å². The van der Waals surface area contributed by atoms with Crippen LogP contribution in [0.1, 0.15) is 46.8 Å². The summed E-state index contributed by atoms with van der Waals surface area (Å²) < 4.78 is 36.2. The molecule has 0 bridgehead atoms. The molecular formula is C19H31N4O8P. The number of anilines is 1. The predicted molar refractivity (Wildman–Crippen MR) is 114 cm³/mol.